The zero-order chi connectivity index (χ0) is 21.7. The van der Waals surface area contributed by atoms with Gasteiger partial charge in [0.05, 0.1) is 0 Å². The Morgan fingerprint density at radius 1 is 0.903 bits per heavy atom. The molecule has 1 fully saturated rings. The number of hydrogen-bond donors (Lipinski definition) is 2. The average molecular weight is 414 g/mol. The van der Waals surface area contributed by atoms with Gasteiger partial charge in [-0.25, -0.2) is 0 Å². The van der Waals surface area contributed by atoms with Crippen molar-refractivity contribution in [3.05, 3.63) is 102 Å². The summed E-state index contributed by atoms with van der Waals surface area (Å²) in [6.45, 7) is 2.87. The molecule has 1 heterocycles. The van der Waals surface area contributed by atoms with Crippen molar-refractivity contribution in [1.29, 1.82) is 0 Å². The van der Waals surface area contributed by atoms with E-state index >= 15 is 0 Å². The standard InChI is InChI=1S/C27H31N3O/c28-25-15-13-21(14-16-25)8-7-18-30-19-17-24(20-30)27(26(29)31,22-9-3-1-4-10-22)23-11-5-2-6-12-23/h1-6,9-16,24H,7-8,17-20,28H2,(H2,29,31)/t24-/m1/s1. The van der Waals surface area contributed by atoms with E-state index in [1.54, 1.807) is 0 Å². The highest BCUT2D eigenvalue weighted by Crippen LogP contribution is 2.43. The summed E-state index contributed by atoms with van der Waals surface area (Å²) >= 11 is 0. The molecule has 4 rings (SSSR count). The summed E-state index contributed by atoms with van der Waals surface area (Å²) in [7, 11) is 0. The van der Waals surface area contributed by atoms with E-state index in [2.05, 4.69) is 17.0 Å². The Labute approximate surface area is 184 Å². The van der Waals surface area contributed by atoms with E-state index < -0.39 is 5.41 Å². The smallest absolute Gasteiger partial charge is 0.232 e. The monoisotopic (exact) mass is 413 g/mol. The molecule has 0 spiro atoms. The molecule has 0 saturated carbocycles. The van der Waals surface area contributed by atoms with Crippen LogP contribution >= 0.6 is 0 Å². The number of anilines is 1. The third-order valence-electron chi connectivity index (χ3n) is 6.65. The van der Waals surface area contributed by atoms with Gasteiger partial charge in [-0.1, -0.05) is 72.8 Å². The van der Waals surface area contributed by atoms with Crippen LogP contribution in [0.1, 0.15) is 29.5 Å². The number of hydrogen-bond acceptors (Lipinski definition) is 3. The quantitative estimate of drug-likeness (QED) is 0.549. The van der Waals surface area contributed by atoms with Gasteiger partial charge in [-0.3, -0.25) is 4.79 Å². The highest BCUT2D eigenvalue weighted by Gasteiger charge is 2.49. The van der Waals surface area contributed by atoms with E-state index in [4.69, 9.17) is 11.5 Å². The number of aryl methyl sites for hydroxylation is 1. The van der Waals surface area contributed by atoms with Crippen LogP contribution in [0.15, 0.2) is 84.9 Å². The number of nitrogens with two attached hydrogens (primary N) is 2. The number of primary amides is 1. The zero-order valence-corrected chi connectivity index (χ0v) is 17.9. The normalized spacial score (nSPS) is 17.0. The summed E-state index contributed by atoms with van der Waals surface area (Å²) < 4.78 is 0. The second-order valence-electron chi connectivity index (χ2n) is 8.54. The maximum atomic E-state index is 13.1. The third kappa shape index (κ3) is 4.35. The van der Waals surface area contributed by atoms with Crippen molar-refractivity contribution < 1.29 is 4.79 Å². The SMILES string of the molecule is NC(=O)C(c1ccccc1)(c1ccccc1)[C@@H]1CCN(CCCc2ccc(N)cc2)C1. The topological polar surface area (TPSA) is 72.4 Å². The van der Waals surface area contributed by atoms with Crippen LogP contribution in [0.4, 0.5) is 5.69 Å². The predicted octanol–water partition coefficient (Wildman–Crippen LogP) is 3.99. The van der Waals surface area contributed by atoms with Crippen molar-refractivity contribution in [3.63, 3.8) is 0 Å². The van der Waals surface area contributed by atoms with E-state index in [1.807, 2.05) is 72.8 Å². The fraction of sp³-hybridized carbons (Fsp3) is 0.296. The molecule has 1 atom stereocenters. The van der Waals surface area contributed by atoms with Gasteiger partial charge < -0.3 is 16.4 Å². The number of amides is 1. The summed E-state index contributed by atoms with van der Waals surface area (Å²) in [6, 6.07) is 28.2. The molecule has 4 N–H and O–H groups in total. The Hall–Kier alpha value is -3.11. The number of rotatable bonds is 8. The van der Waals surface area contributed by atoms with Gasteiger partial charge in [0.15, 0.2) is 0 Å². The summed E-state index contributed by atoms with van der Waals surface area (Å²) in [4.78, 5) is 15.6. The molecule has 1 amide bonds. The third-order valence-corrected chi connectivity index (χ3v) is 6.65. The predicted molar refractivity (Wildman–Crippen MR) is 127 cm³/mol. The lowest BCUT2D eigenvalue weighted by molar-refractivity contribution is -0.123. The van der Waals surface area contributed by atoms with Crippen LogP contribution in [0.25, 0.3) is 0 Å². The average Bonchev–Trinajstić information content (AvgIpc) is 3.26. The minimum absolute atomic E-state index is 0.145. The molecule has 3 aromatic rings. The maximum Gasteiger partial charge on any atom is 0.232 e. The van der Waals surface area contributed by atoms with Crippen LogP contribution in [0.5, 0.6) is 0 Å². The largest absolute Gasteiger partial charge is 0.399 e. The van der Waals surface area contributed by atoms with Gasteiger partial charge in [0.1, 0.15) is 5.41 Å². The molecule has 0 aromatic heterocycles. The lowest BCUT2D eigenvalue weighted by Gasteiger charge is -2.37. The fourth-order valence-corrected chi connectivity index (χ4v) is 5.11. The first-order valence-corrected chi connectivity index (χ1v) is 11.1. The van der Waals surface area contributed by atoms with Crippen LogP contribution in [0.2, 0.25) is 0 Å². The van der Waals surface area contributed by atoms with Crippen molar-refractivity contribution in [2.24, 2.45) is 11.7 Å². The van der Waals surface area contributed by atoms with Gasteiger partial charge in [0.2, 0.25) is 5.91 Å². The molecule has 1 aliphatic heterocycles. The molecule has 0 unspecified atom stereocenters. The van der Waals surface area contributed by atoms with Crippen LogP contribution in [0.3, 0.4) is 0 Å². The van der Waals surface area contributed by atoms with E-state index in [1.165, 1.54) is 5.56 Å². The minimum atomic E-state index is -0.811. The second-order valence-corrected chi connectivity index (χ2v) is 8.54. The van der Waals surface area contributed by atoms with Gasteiger partial charge in [-0.2, -0.15) is 0 Å². The molecule has 1 saturated heterocycles. The lowest BCUT2D eigenvalue weighted by atomic mass is 9.64. The van der Waals surface area contributed by atoms with Crippen molar-refractivity contribution >= 4 is 11.6 Å². The Bertz CT molecular complexity index is 947. The van der Waals surface area contributed by atoms with E-state index in [0.29, 0.717) is 0 Å². The molecule has 0 radical (unpaired) electrons. The Morgan fingerprint density at radius 2 is 1.48 bits per heavy atom. The molecule has 31 heavy (non-hydrogen) atoms. The Balaban J connectivity index is 1.53. The summed E-state index contributed by atoms with van der Waals surface area (Å²) in [5, 5.41) is 0. The highest BCUT2D eigenvalue weighted by molar-refractivity contribution is 5.91. The summed E-state index contributed by atoms with van der Waals surface area (Å²) in [5.41, 5.74) is 15.2. The van der Waals surface area contributed by atoms with E-state index in [0.717, 1.165) is 55.7 Å². The Morgan fingerprint density at radius 3 is 2.03 bits per heavy atom. The van der Waals surface area contributed by atoms with E-state index in [-0.39, 0.29) is 11.8 Å². The molecule has 3 aromatic carbocycles. The van der Waals surface area contributed by atoms with Gasteiger partial charge in [0.25, 0.3) is 0 Å². The van der Waals surface area contributed by atoms with Crippen molar-refractivity contribution in [3.8, 4) is 0 Å². The number of carbonyl (C=O) groups excluding carboxylic acids is 1. The van der Waals surface area contributed by atoms with Crippen molar-refractivity contribution in [1.82, 2.24) is 4.90 Å². The van der Waals surface area contributed by atoms with Gasteiger partial charge in [-0.15, -0.1) is 0 Å². The molecule has 160 valence electrons. The summed E-state index contributed by atoms with van der Waals surface area (Å²) in [5.74, 6) is -0.120. The summed E-state index contributed by atoms with van der Waals surface area (Å²) in [6.07, 6.45) is 3.06. The van der Waals surface area contributed by atoms with Crippen molar-refractivity contribution in [2.45, 2.75) is 24.7 Å². The van der Waals surface area contributed by atoms with Crippen LogP contribution in [-0.2, 0) is 16.6 Å². The second kappa shape index (κ2) is 9.36. The number of carbonyl (C=O) groups is 1. The van der Waals surface area contributed by atoms with Gasteiger partial charge in [-0.05, 0) is 67.1 Å². The van der Waals surface area contributed by atoms with Crippen LogP contribution in [0, 0.1) is 5.92 Å². The molecule has 4 heteroatoms. The van der Waals surface area contributed by atoms with Gasteiger partial charge in [0, 0.05) is 12.2 Å². The van der Waals surface area contributed by atoms with Crippen LogP contribution < -0.4 is 11.5 Å². The number of nitrogen functional groups attached to an aromatic ring is 1. The minimum Gasteiger partial charge on any atom is -0.399 e. The maximum absolute atomic E-state index is 13.1. The molecular formula is C27H31N3O. The van der Waals surface area contributed by atoms with Crippen molar-refractivity contribution in [2.75, 3.05) is 25.4 Å². The molecule has 0 bridgehead atoms. The Kier molecular flexibility index (Phi) is 6.38. The molecule has 1 aliphatic rings. The highest BCUT2D eigenvalue weighted by atomic mass is 16.1. The molecule has 0 aliphatic carbocycles. The van der Waals surface area contributed by atoms with Crippen LogP contribution in [-0.4, -0.2) is 30.4 Å². The number of nitrogens with zero attached hydrogens (tertiary/aromatic N) is 1. The molecule has 4 nitrogen and oxygen atoms in total. The fourth-order valence-electron chi connectivity index (χ4n) is 5.11. The lowest BCUT2D eigenvalue weighted by Crippen LogP contribution is -2.49. The first-order valence-electron chi connectivity index (χ1n) is 11.1. The number of benzene rings is 3. The first-order chi connectivity index (χ1) is 15.1. The molecular weight excluding hydrogens is 382 g/mol. The van der Waals surface area contributed by atoms with Gasteiger partial charge >= 0.3 is 0 Å². The zero-order valence-electron chi connectivity index (χ0n) is 17.9. The van der Waals surface area contributed by atoms with E-state index in [9.17, 15) is 4.79 Å². The number of likely N-dealkylation sites (tertiary alicyclic amines) is 1. The first kappa shape index (κ1) is 21.1.